The molecule has 0 bridgehead atoms. The van der Waals surface area contributed by atoms with Crippen molar-refractivity contribution in [3.8, 4) is 5.75 Å². The Labute approximate surface area is 152 Å². The van der Waals surface area contributed by atoms with E-state index >= 15 is 0 Å². The maximum Gasteiger partial charge on any atom is 0.212 e. The van der Waals surface area contributed by atoms with Crippen molar-refractivity contribution < 1.29 is 4.74 Å². The number of thioether (sulfide) groups is 1. The SMILES string of the molecule is COc1cccc(C2=Nn3c(CN4CCC(C)CC4)nnc3SC2)c1. The number of fused-ring (bicyclic) bond motifs is 1. The van der Waals surface area contributed by atoms with Gasteiger partial charge in [-0.05, 0) is 44.0 Å². The molecule has 1 aromatic carbocycles. The van der Waals surface area contributed by atoms with Gasteiger partial charge in [0.2, 0.25) is 5.16 Å². The van der Waals surface area contributed by atoms with E-state index in [1.165, 1.54) is 12.8 Å². The Morgan fingerprint density at radius 3 is 2.88 bits per heavy atom. The molecule has 3 heterocycles. The molecule has 1 fully saturated rings. The normalized spacial score (nSPS) is 18.7. The van der Waals surface area contributed by atoms with Gasteiger partial charge in [0.15, 0.2) is 5.82 Å². The van der Waals surface area contributed by atoms with Gasteiger partial charge in [-0.2, -0.15) is 9.78 Å². The minimum absolute atomic E-state index is 0.798. The van der Waals surface area contributed by atoms with Gasteiger partial charge in [0.25, 0.3) is 0 Å². The van der Waals surface area contributed by atoms with Crippen LogP contribution in [0, 0.1) is 5.92 Å². The smallest absolute Gasteiger partial charge is 0.212 e. The summed E-state index contributed by atoms with van der Waals surface area (Å²) in [7, 11) is 1.69. The van der Waals surface area contributed by atoms with E-state index in [0.717, 1.165) is 59.3 Å². The van der Waals surface area contributed by atoms with Gasteiger partial charge < -0.3 is 4.74 Å². The highest BCUT2D eigenvalue weighted by Crippen LogP contribution is 2.26. The highest BCUT2D eigenvalue weighted by Gasteiger charge is 2.23. The number of hydrogen-bond donors (Lipinski definition) is 0. The number of methoxy groups -OCH3 is 1. The number of aromatic nitrogens is 3. The van der Waals surface area contributed by atoms with Crippen molar-refractivity contribution in [2.24, 2.45) is 11.0 Å². The lowest BCUT2D eigenvalue weighted by molar-refractivity contribution is 0.179. The van der Waals surface area contributed by atoms with Crippen molar-refractivity contribution in [1.29, 1.82) is 0 Å². The summed E-state index contributed by atoms with van der Waals surface area (Å²) in [5.74, 6) is 3.41. The number of benzene rings is 1. The van der Waals surface area contributed by atoms with E-state index in [9.17, 15) is 0 Å². The van der Waals surface area contributed by atoms with Crippen molar-refractivity contribution in [2.45, 2.75) is 31.5 Å². The predicted molar refractivity (Wildman–Crippen MR) is 99.4 cm³/mol. The summed E-state index contributed by atoms with van der Waals surface area (Å²) >= 11 is 1.69. The van der Waals surface area contributed by atoms with Crippen LogP contribution < -0.4 is 4.74 Å². The molecule has 132 valence electrons. The van der Waals surface area contributed by atoms with Crippen LogP contribution in [0.3, 0.4) is 0 Å². The molecule has 6 nitrogen and oxygen atoms in total. The van der Waals surface area contributed by atoms with Crippen LogP contribution in [0.15, 0.2) is 34.5 Å². The number of nitrogens with zero attached hydrogens (tertiary/aromatic N) is 5. The molecule has 0 aliphatic carbocycles. The predicted octanol–water partition coefficient (Wildman–Crippen LogP) is 2.88. The first-order valence-corrected chi connectivity index (χ1v) is 9.73. The zero-order valence-electron chi connectivity index (χ0n) is 14.7. The van der Waals surface area contributed by atoms with Crippen LogP contribution in [0.4, 0.5) is 0 Å². The summed E-state index contributed by atoms with van der Waals surface area (Å²) < 4.78 is 7.25. The quantitative estimate of drug-likeness (QED) is 0.842. The summed E-state index contributed by atoms with van der Waals surface area (Å²) in [4.78, 5) is 2.46. The molecular formula is C18H23N5OS. The summed E-state index contributed by atoms with van der Waals surface area (Å²) in [6, 6.07) is 8.05. The first kappa shape index (κ1) is 16.6. The fourth-order valence-corrected chi connectivity index (χ4v) is 4.09. The Morgan fingerprint density at radius 1 is 1.24 bits per heavy atom. The minimum atomic E-state index is 0.798. The van der Waals surface area contributed by atoms with E-state index < -0.39 is 0 Å². The monoisotopic (exact) mass is 357 g/mol. The molecule has 2 aliphatic heterocycles. The summed E-state index contributed by atoms with van der Waals surface area (Å²) in [6.07, 6.45) is 2.52. The first-order chi connectivity index (χ1) is 12.2. The average Bonchev–Trinajstić information content (AvgIpc) is 3.06. The van der Waals surface area contributed by atoms with Gasteiger partial charge in [0.1, 0.15) is 5.75 Å². The van der Waals surface area contributed by atoms with Crippen molar-refractivity contribution in [1.82, 2.24) is 19.8 Å². The van der Waals surface area contributed by atoms with Gasteiger partial charge in [-0.1, -0.05) is 30.8 Å². The molecular weight excluding hydrogens is 334 g/mol. The van der Waals surface area contributed by atoms with Gasteiger partial charge in [-0.3, -0.25) is 4.90 Å². The maximum atomic E-state index is 5.33. The zero-order chi connectivity index (χ0) is 17.2. The van der Waals surface area contributed by atoms with Crippen LogP contribution in [-0.2, 0) is 6.54 Å². The number of ether oxygens (including phenoxy) is 1. The molecule has 4 rings (SSSR count). The Kier molecular flexibility index (Phi) is 4.76. The molecule has 2 aliphatic rings. The van der Waals surface area contributed by atoms with Crippen molar-refractivity contribution >= 4 is 17.5 Å². The third kappa shape index (κ3) is 3.57. The highest BCUT2D eigenvalue weighted by atomic mass is 32.2. The second kappa shape index (κ2) is 7.17. The van der Waals surface area contributed by atoms with E-state index in [0.29, 0.717) is 0 Å². The molecule has 1 aromatic heterocycles. The van der Waals surface area contributed by atoms with Crippen LogP contribution >= 0.6 is 11.8 Å². The molecule has 0 spiro atoms. The Bertz CT molecular complexity index is 780. The van der Waals surface area contributed by atoms with E-state index in [1.54, 1.807) is 18.9 Å². The van der Waals surface area contributed by atoms with Crippen molar-refractivity contribution in [2.75, 3.05) is 26.0 Å². The van der Waals surface area contributed by atoms with Crippen LogP contribution in [-0.4, -0.2) is 51.4 Å². The van der Waals surface area contributed by atoms with Crippen LogP contribution in [0.1, 0.15) is 31.2 Å². The molecule has 0 amide bonds. The molecule has 1 saturated heterocycles. The van der Waals surface area contributed by atoms with Gasteiger partial charge in [0, 0.05) is 11.3 Å². The molecule has 0 N–H and O–H groups in total. The van der Waals surface area contributed by atoms with Crippen LogP contribution in [0.2, 0.25) is 0 Å². The summed E-state index contributed by atoms with van der Waals surface area (Å²) in [5, 5.41) is 14.4. The third-order valence-corrected chi connectivity index (χ3v) is 5.81. The topological polar surface area (TPSA) is 55.5 Å². The summed E-state index contributed by atoms with van der Waals surface area (Å²) in [5.41, 5.74) is 2.12. The lowest BCUT2D eigenvalue weighted by atomic mass is 9.99. The van der Waals surface area contributed by atoms with Gasteiger partial charge >= 0.3 is 0 Å². The van der Waals surface area contributed by atoms with Crippen molar-refractivity contribution in [3.63, 3.8) is 0 Å². The number of rotatable bonds is 4. The molecule has 0 radical (unpaired) electrons. The highest BCUT2D eigenvalue weighted by molar-refractivity contribution is 7.99. The molecule has 25 heavy (non-hydrogen) atoms. The third-order valence-electron chi connectivity index (χ3n) is 4.88. The first-order valence-electron chi connectivity index (χ1n) is 8.74. The molecule has 0 saturated carbocycles. The fourth-order valence-electron chi connectivity index (χ4n) is 3.23. The van der Waals surface area contributed by atoms with E-state index in [-0.39, 0.29) is 0 Å². The van der Waals surface area contributed by atoms with Gasteiger partial charge in [-0.25, -0.2) is 0 Å². The number of hydrogen-bond acceptors (Lipinski definition) is 6. The average molecular weight is 357 g/mol. The standard InChI is InChI=1S/C18H23N5OS/c1-13-6-8-22(9-7-13)11-17-19-20-18-23(17)21-16(12-25-18)14-4-3-5-15(10-14)24-2/h3-5,10,13H,6-9,11-12H2,1-2H3. The Hall–Kier alpha value is -1.86. The van der Waals surface area contributed by atoms with E-state index in [2.05, 4.69) is 28.1 Å². The molecule has 7 heteroatoms. The molecule has 0 unspecified atom stereocenters. The van der Waals surface area contributed by atoms with Gasteiger partial charge in [0.05, 0.1) is 19.4 Å². The van der Waals surface area contributed by atoms with E-state index in [4.69, 9.17) is 9.84 Å². The Morgan fingerprint density at radius 2 is 2.08 bits per heavy atom. The maximum absolute atomic E-state index is 5.33. The van der Waals surface area contributed by atoms with Gasteiger partial charge in [-0.15, -0.1) is 10.2 Å². The molecule has 0 atom stereocenters. The largest absolute Gasteiger partial charge is 0.497 e. The fraction of sp³-hybridized carbons (Fsp3) is 0.500. The second-order valence-corrected chi connectivity index (χ2v) is 7.68. The van der Waals surface area contributed by atoms with E-state index in [1.807, 2.05) is 22.9 Å². The lowest BCUT2D eigenvalue weighted by Crippen LogP contribution is -2.33. The lowest BCUT2D eigenvalue weighted by Gasteiger charge is -2.29. The second-order valence-electron chi connectivity index (χ2n) is 6.74. The minimum Gasteiger partial charge on any atom is -0.497 e. The van der Waals surface area contributed by atoms with Crippen molar-refractivity contribution in [3.05, 3.63) is 35.7 Å². The number of piperidine rings is 1. The number of likely N-dealkylation sites (tertiary alicyclic amines) is 1. The van der Waals surface area contributed by atoms with Crippen LogP contribution in [0.5, 0.6) is 5.75 Å². The Balaban J connectivity index is 1.57. The zero-order valence-corrected chi connectivity index (χ0v) is 15.5. The summed E-state index contributed by atoms with van der Waals surface area (Å²) in [6.45, 7) is 5.40. The van der Waals surface area contributed by atoms with Crippen LogP contribution in [0.25, 0.3) is 0 Å². The molecule has 2 aromatic rings.